The van der Waals surface area contributed by atoms with Gasteiger partial charge in [0.25, 0.3) is 5.91 Å². The Bertz CT molecular complexity index is 1280. The van der Waals surface area contributed by atoms with E-state index in [1.165, 1.54) is 0 Å². The number of amides is 3. The normalized spacial score (nSPS) is 10.8. The Kier molecular flexibility index (Phi) is 6.65. The van der Waals surface area contributed by atoms with Gasteiger partial charge in [-0.05, 0) is 25.0 Å². The van der Waals surface area contributed by atoms with Gasteiger partial charge in [0.1, 0.15) is 7.05 Å². The Balaban J connectivity index is 0.00000272. The average Bonchev–Trinajstić information content (AvgIpc) is 3.13. The number of hydrogen-bond acceptors (Lipinski definition) is 2. The van der Waals surface area contributed by atoms with E-state index in [4.69, 9.17) is 0 Å². The highest BCUT2D eigenvalue weighted by Crippen LogP contribution is 2.36. The van der Waals surface area contributed by atoms with Gasteiger partial charge in [0.05, 0.1) is 16.5 Å². The van der Waals surface area contributed by atoms with Crippen LogP contribution >= 0.6 is 0 Å². The lowest BCUT2D eigenvalue weighted by Gasteiger charge is -2.12. The van der Waals surface area contributed by atoms with Crippen LogP contribution < -0.4 is 32.9 Å². The van der Waals surface area contributed by atoms with Crippen molar-refractivity contribution < 1.29 is 26.6 Å². The Morgan fingerprint density at radius 1 is 1.03 bits per heavy atom. The fraction of sp³-hybridized carbons (Fsp3) is 0.261. The average molecular weight is 440 g/mol. The Morgan fingerprint density at radius 2 is 1.77 bits per heavy atom. The van der Waals surface area contributed by atoms with Gasteiger partial charge in [-0.2, -0.15) is 0 Å². The van der Waals surface area contributed by atoms with Crippen molar-refractivity contribution in [3.8, 4) is 0 Å². The molecule has 0 atom stereocenters. The van der Waals surface area contributed by atoms with E-state index in [0.717, 1.165) is 38.1 Å². The van der Waals surface area contributed by atoms with Crippen LogP contribution in [0.5, 0.6) is 0 Å². The number of nitrogens with one attached hydrogen (secondary N) is 4. The summed E-state index contributed by atoms with van der Waals surface area (Å²) in [6, 6.07) is 9.90. The molecule has 2 aromatic carbocycles. The molecule has 0 fully saturated rings. The molecule has 31 heavy (non-hydrogen) atoms. The van der Waals surface area contributed by atoms with Crippen molar-refractivity contribution in [3.05, 3.63) is 53.9 Å². The molecule has 2 heterocycles. The molecule has 0 aliphatic rings. The SMILES string of the molecule is CNC(=O)NCCCNC(=O)c1c2cc[n+](C)cc2c(C)c2c1[nH]c1ccccc12.[Cl-]. The molecule has 7 nitrogen and oxygen atoms in total. The molecule has 4 aromatic rings. The van der Waals surface area contributed by atoms with Crippen LogP contribution in [0, 0.1) is 6.92 Å². The van der Waals surface area contributed by atoms with E-state index in [1.54, 1.807) is 7.05 Å². The molecule has 2 aromatic heterocycles. The quantitative estimate of drug-likeness (QED) is 0.253. The van der Waals surface area contributed by atoms with E-state index < -0.39 is 0 Å². The highest BCUT2D eigenvalue weighted by atomic mass is 35.5. The molecule has 0 unspecified atom stereocenters. The van der Waals surface area contributed by atoms with Crippen LogP contribution in [0.1, 0.15) is 22.3 Å². The molecule has 0 aliphatic carbocycles. The Labute approximate surface area is 186 Å². The van der Waals surface area contributed by atoms with E-state index in [9.17, 15) is 9.59 Å². The van der Waals surface area contributed by atoms with Crippen molar-refractivity contribution >= 4 is 44.5 Å². The first-order chi connectivity index (χ1) is 14.5. The first kappa shape index (κ1) is 22.4. The molecular formula is C23H26ClN5O2. The lowest BCUT2D eigenvalue weighted by atomic mass is 9.95. The van der Waals surface area contributed by atoms with E-state index in [1.807, 2.05) is 42.1 Å². The number of halogens is 1. The zero-order valence-corrected chi connectivity index (χ0v) is 18.6. The number of rotatable bonds is 5. The van der Waals surface area contributed by atoms with Crippen molar-refractivity contribution in [2.75, 3.05) is 20.1 Å². The number of pyridine rings is 1. The number of urea groups is 1. The molecule has 3 amide bonds. The number of H-pyrrole nitrogens is 1. The van der Waals surface area contributed by atoms with Crippen molar-refractivity contribution in [2.45, 2.75) is 13.3 Å². The number of para-hydroxylation sites is 1. The Morgan fingerprint density at radius 3 is 2.55 bits per heavy atom. The lowest BCUT2D eigenvalue weighted by Crippen LogP contribution is -3.00. The summed E-state index contributed by atoms with van der Waals surface area (Å²) in [5.74, 6) is -0.120. The molecule has 0 saturated carbocycles. The van der Waals surface area contributed by atoms with Crippen LogP contribution in [-0.2, 0) is 7.05 Å². The molecule has 8 heteroatoms. The van der Waals surface area contributed by atoms with E-state index >= 15 is 0 Å². The van der Waals surface area contributed by atoms with Gasteiger partial charge in [-0.25, -0.2) is 9.36 Å². The van der Waals surface area contributed by atoms with Crippen LogP contribution in [0.3, 0.4) is 0 Å². The standard InChI is InChI=1S/C23H25N5O2.ClH/c1-14-17-13-28(3)12-9-15(17)20(22(29)25-10-6-11-26-23(30)24-2)21-19(14)16-7-4-5-8-18(16)27-21;/h4-5,7-9,12-13H,6,10-11H2,1-3H3,(H3,24,25,26,29,30);1H. The predicted octanol–water partition coefficient (Wildman–Crippen LogP) is -0.340. The minimum absolute atomic E-state index is 0. The summed E-state index contributed by atoms with van der Waals surface area (Å²) in [6.45, 7) is 3.07. The fourth-order valence-electron chi connectivity index (χ4n) is 4.01. The van der Waals surface area contributed by atoms with Gasteiger partial charge in [-0.15, -0.1) is 0 Å². The minimum Gasteiger partial charge on any atom is -1.00 e. The number of carbonyl (C=O) groups is 2. The van der Waals surface area contributed by atoms with Crippen LogP contribution in [0.15, 0.2) is 42.7 Å². The molecule has 0 bridgehead atoms. The number of aryl methyl sites for hydroxylation is 2. The summed E-state index contributed by atoms with van der Waals surface area (Å²) < 4.78 is 2.00. The van der Waals surface area contributed by atoms with Crippen molar-refractivity contribution in [1.29, 1.82) is 0 Å². The second-order valence-corrected chi connectivity index (χ2v) is 7.47. The molecule has 4 N–H and O–H groups in total. The van der Waals surface area contributed by atoms with Gasteiger partial charge in [0, 0.05) is 47.9 Å². The number of aromatic nitrogens is 2. The van der Waals surface area contributed by atoms with Gasteiger partial charge in [0.2, 0.25) is 0 Å². The van der Waals surface area contributed by atoms with Crippen molar-refractivity contribution in [2.24, 2.45) is 7.05 Å². The Hall–Kier alpha value is -3.32. The zero-order valence-electron chi connectivity index (χ0n) is 17.8. The summed E-state index contributed by atoms with van der Waals surface area (Å²) >= 11 is 0. The number of aromatic amines is 1. The fourth-order valence-corrected chi connectivity index (χ4v) is 4.01. The molecular weight excluding hydrogens is 414 g/mol. The number of benzene rings is 2. The number of fused-ring (bicyclic) bond motifs is 4. The van der Waals surface area contributed by atoms with Crippen molar-refractivity contribution in [1.82, 2.24) is 20.9 Å². The van der Waals surface area contributed by atoms with Crippen molar-refractivity contribution in [3.63, 3.8) is 0 Å². The third-order valence-electron chi connectivity index (χ3n) is 5.48. The van der Waals surface area contributed by atoms with Gasteiger partial charge in [-0.3, -0.25) is 4.79 Å². The minimum atomic E-state index is -0.224. The first-order valence-electron chi connectivity index (χ1n) is 10.1. The first-order valence-corrected chi connectivity index (χ1v) is 10.1. The lowest BCUT2D eigenvalue weighted by molar-refractivity contribution is -0.670. The monoisotopic (exact) mass is 439 g/mol. The summed E-state index contributed by atoms with van der Waals surface area (Å²) in [5.41, 5.74) is 3.68. The summed E-state index contributed by atoms with van der Waals surface area (Å²) in [7, 11) is 3.56. The van der Waals surface area contributed by atoms with Crippen LogP contribution in [-0.4, -0.2) is 37.1 Å². The number of carbonyl (C=O) groups excluding carboxylic acids is 2. The maximum atomic E-state index is 13.3. The maximum Gasteiger partial charge on any atom is 0.314 e. The van der Waals surface area contributed by atoms with Crippen LogP contribution in [0.25, 0.3) is 32.6 Å². The topological polar surface area (TPSA) is 89.9 Å². The van der Waals surface area contributed by atoms with Gasteiger partial charge < -0.3 is 33.3 Å². The second-order valence-electron chi connectivity index (χ2n) is 7.47. The smallest absolute Gasteiger partial charge is 0.314 e. The largest absolute Gasteiger partial charge is 1.00 e. The zero-order chi connectivity index (χ0) is 21.3. The maximum absolute atomic E-state index is 13.3. The summed E-state index contributed by atoms with van der Waals surface area (Å²) in [5, 5.41) is 12.4. The molecule has 0 radical (unpaired) electrons. The van der Waals surface area contributed by atoms with Crippen LogP contribution in [0.4, 0.5) is 4.79 Å². The highest BCUT2D eigenvalue weighted by molar-refractivity contribution is 6.24. The number of hydrogen-bond donors (Lipinski definition) is 4. The third kappa shape index (κ3) is 4.14. The molecule has 0 aliphatic heterocycles. The molecule has 4 rings (SSSR count). The third-order valence-corrected chi connectivity index (χ3v) is 5.48. The molecule has 0 spiro atoms. The van der Waals surface area contributed by atoms with Gasteiger partial charge >= 0.3 is 6.03 Å². The number of nitrogens with zero attached hydrogens (tertiary/aromatic N) is 1. The van der Waals surface area contributed by atoms with E-state index in [0.29, 0.717) is 25.1 Å². The van der Waals surface area contributed by atoms with Crippen LogP contribution in [0.2, 0.25) is 0 Å². The predicted molar refractivity (Wildman–Crippen MR) is 119 cm³/mol. The summed E-state index contributed by atoms with van der Waals surface area (Å²) in [6.07, 6.45) is 4.67. The van der Waals surface area contributed by atoms with Gasteiger partial charge in [0.15, 0.2) is 12.4 Å². The summed E-state index contributed by atoms with van der Waals surface area (Å²) in [4.78, 5) is 28.0. The van der Waals surface area contributed by atoms with Gasteiger partial charge in [-0.1, -0.05) is 18.2 Å². The van der Waals surface area contributed by atoms with E-state index in [2.05, 4.69) is 40.1 Å². The second kappa shape index (κ2) is 9.22. The van der Waals surface area contributed by atoms with E-state index in [-0.39, 0.29) is 24.3 Å². The molecule has 162 valence electrons. The highest BCUT2D eigenvalue weighted by Gasteiger charge is 2.22. The molecule has 0 saturated heterocycles.